The monoisotopic (exact) mass is 243 g/mol. The highest BCUT2D eigenvalue weighted by Crippen LogP contribution is 2.35. The molecule has 1 rings (SSSR count). The molecule has 17 heavy (non-hydrogen) atoms. The zero-order valence-corrected chi connectivity index (χ0v) is 11.3. The molecule has 3 N–H and O–H groups in total. The molecular formula is C14H29NO2. The smallest absolute Gasteiger partial charge is 0.0613 e. The third-order valence-electron chi connectivity index (χ3n) is 4.06. The average molecular weight is 243 g/mol. The third kappa shape index (κ3) is 4.94. The summed E-state index contributed by atoms with van der Waals surface area (Å²) in [5.41, 5.74) is 5.85. The Hall–Kier alpha value is -0.120. The summed E-state index contributed by atoms with van der Waals surface area (Å²) >= 11 is 0. The van der Waals surface area contributed by atoms with Crippen molar-refractivity contribution in [1.29, 1.82) is 0 Å². The fourth-order valence-corrected chi connectivity index (χ4v) is 2.77. The van der Waals surface area contributed by atoms with E-state index in [-0.39, 0.29) is 12.1 Å². The Kier molecular flexibility index (Phi) is 7.09. The number of unbranched alkanes of at least 4 members (excludes halogenated alkanes) is 3. The van der Waals surface area contributed by atoms with Crippen molar-refractivity contribution >= 4 is 0 Å². The molecule has 1 aliphatic rings. The molecule has 3 nitrogen and oxygen atoms in total. The molecule has 3 heteroatoms. The summed E-state index contributed by atoms with van der Waals surface area (Å²) in [7, 11) is 0. The molecule has 0 amide bonds. The van der Waals surface area contributed by atoms with Crippen LogP contribution in [-0.2, 0) is 4.74 Å². The van der Waals surface area contributed by atoms with Crippen LogP contribution in [0.25, 0.3) is 0 Å². The second-order valence-electron chi connectivity index (χ2n) is 5.44. The molecule has 0 spiro atoms. The van der Waals surface area contributed by atoms with Crippen LogP contribution < -0.4 is 5.73 Å². The molecule has 2 unspecified atom stereocenters. The standard InChI is InChI=1S/C14H29NO2/c1-2-3-4-5-10-17-11-8-13-7-6-9-14(13,15)12-16/h13,16H,2-12,15H2,1H3. The van der Waals surface area contributed by atoms with Gasteiger partial charge in [-0.2, -0.15) is 0 Å². The highest BCUT2D eigenvalue weighted by molar-refractivity contribution is 4.95. The van der Waals surface area contributed by atoms with Gasteiger partial charge in [0.1, 0.15) is 0 Å². The van der Waals surface area contributed by atoms with Crippen LogP contribution in [0.3, 0.4) is 0 Å². The molecule has 0 aliphatic heterocycles. The molecule has 0 heterocycles. The first-order valence-electron chi connectivity index (χ1n) is 7.20. The van der Waals surface area contributed by atoms with E-state index in [4.69, 9.17) is 10.5 Å². The van der Waals surface area contributed by atoms with Crippen molar-refractivity contribution in [2.45, 2.75) is 63.8 Å². The number of ether oxygens (including phenoxy) is 1. The third-order valence-corrected chi connectivity index (χ3v) is 4.06. The second-order valence-corrected chi connectivity index (χ2v) is 5.44. The van der Waals surface area contributed by atoms with Crippen LogP contribution in [0.4, 0.5) is 0 Å². The van der Waals surface area contributed by atoms with E-state index in [0.29, 0.717) is 5.92 Å². The lowest BCUT2D eigenvalue weighted by molar-refractivity contribution is 0.0921. The van der Waals surface area contributed by atoms with Crippen LogP contribution in [0, 0.1) is 5.92 Å². The van der Waals surface area contributed by atoms with Crippen molar-refractivity contribution in [3.8, 4) is 0 Å². The zero-order valence-electron chi connectivity index (χ0n) is 11.3. The molecule has 1 aliphatic carbocycles. The Labute approximate surface area is 106 Å². The van der Waals surface area contributed by atoms with Gasteiger partial charge < -0.3 is 15.6 Å². The lowest BCUT2D eigenvalue weighted by atomic mass is 9.87. The van der Waals surface area contributed by atoms with Gasteiger partial charge in [0, 0.05) is 18.8 Å². The molecule has 1 fully saturated rings. The minimum absolute atomic E-state index is 0.119. The van der Waals surface area contributed by atoms with Crippen LogP contribution in [-0.4, -0.2) is 30.5 Å². The molecule has 0 saturated heterocycles. The van der Waals surface area contributed by atoms with Gasteiger partial charge in [-0.05, 0) is 31.6 Å². The van der Waals surface area contributed by atoms with E-state index < -0.39 is 0 Å². The van der Waals surface area contributed by atoms with Crippen molar-refractivity contribution in [2.24, 2.45) is 11.7 Å². The van der Waals surface area contributed by atoms with Gasteiger partial charge in [-0.15, -0.1) is 0 Å². The largest absolute Gasteiger partial charge is 0.394 e. The Morgan fingerprint density at radius 3 is 2.82 bits per heavy atom. The normalized spacial score (nSPS) is 28.8. The fraction of sp³-hybridized carbons (Fsp3) is 1.00. The van der Waals surface area contributed by atoms with Crippen LogP contribution in [0.15, 0.2) is 0 Å². The first kappa shape index (κ1) is 14.9. The molecule has 0 bridgehead atoms. The second kappa shape index (κ2) is 8.06. The van der Waals surface area contributed by atoms with Crippen molar-refractivity contribution in [3.63, 3.8) is 0 Å². The highest BCUT2D eigenvalue weighted by Gasteiger charge is 2.38. The maximum absolute atomic E-state index is 9.33. The minimum atomic E-state index is -0.328. The summed E-state index contributed by atoms with van der Waals surface area (Å²) in [6.07, 6.45) is 9.30. The molecule has 0 aromatic heterocycles. The molecule has 1 saturated carbocycles. The predicted octanol–water partition coefficient (Wildman–Crippen LogP) is 2.46. The van der Waals surface area contributed by atoms with Gasteiger partial charge in [0.05, 0.1) is 6.61 Å². The highest BCUT2D eigenvalue weighted by atomic mass is 16.5. The Morgan fingerprint density at radius 2 is 2.12 bits per heavy atom. The first-order valence-corrected chi connectivity index (χ1v) is 7.20. The van der Waals surface area contributed by atoms with E-state index in [1.165, 1.54) is 25.7 Å². The maximum atomic E-state index is 9.33. The summed E-state index contributed by atoms with van der Waals surface area (Å²) in [5, 5.41) is 9.33. The minimum Gasteiger partial charge on any atom is -0.394 e. The van der Waals surface area contributed by atoms with Crippen LogP contribution >= 0.6 is 0 Å². The van der Waals surface area contributed by atoms with E-state index in [1.807, 2.05) is 0 Å². The summed E-state index contributed by atoms with van der Waals surface area (Å²) in [5.74, 6) is 0.447. The van der Waals surface area contributed by atoms with Gasteiger partial charge in [0.15, 0.2) is 0 Å². The van der Waals surface area contributed by atoms with Crippen molar-refractivity contribution < 1.29 is 9.84 Å². The van der Waals surface area contributed by atoms with E-state index in [9.17, 15) is 5.11 Å². The topological polar surface area (TPSA) is 55.5 Å². The Morgan fingerprint density at radius 1 is 1.29 bits per heavy atom. The van der Waals surface area contributed by atoms with Gasteiger partial charge in [-0.25, -0.2) is 0 Å². The molecule has 102 valence electrons. The molecule has 0 aromatic carbocycles. The summed E-state index contributed by atoms with van der Waals surface area (Å²) in [6, 6.07) is 0. The lowest BCUT2D eigenvalue weighted by Crippen LogP contribution is -2.47. The summed E-state index contributed by atoms with van der Waals surface area (Å²) in [6.45, 7) is 4.02. The molecular weight excluding hydrogens is 214 g/mol. The number of aliphatic hydroxyl groups excluding tert-OH is 1. The number of nitrogens with two attached hydrogens (primary N) is 1. The number of hydrogen-bond acceptors (Lipinski definition) is 3. The first-order chi connectivity index (χ1) is 8.23. The van der Waals surface area contributed by atoms with Crippen molar-refractivity contribution in [1.82, 2.24) is 0 Å². The SMILES string of the molecule is CCCCCCOCCC1CCCC1(N)CO. The van der Waals surface area contributed by atoms with Crippen molar-refractivity contribution in [3.05, 3.63) is 0 Å². The number of rotatable bonds is 9. The number of hydrogen-bond donors (Lipinski definition) is 2. The maximum Gasteiger partial charge on any atom is 0.0613 e. The number of aliphatic hydroxyl groups is 1. The van der Waals surface area contributed by atoms with Gasteiger partial charge >= 0.3 is 0 Å². The van der Waals surface area contributed by atoms with Crippen LogP contribution in [0.5, 0.6) is 0 Å². The Bertz CT molecular complexity index is 199. The van der Waals surface area contributed by atoms with Gasteiger partial charge in [0.25, 0.3) is 0 Å². The fourth-order valence-electron chi connectivity index (χ4n) is 2.77. The zero-order chi connectivity index (χ0) is 12.6. The lowest BCUT2D eigenvalue weighted by Gasteiger charge is -2.29. The van der Waals surface area contributed by atoms with Gasteiger partial charge in [-0.1, -0.05) is 32.6 Å². The Balaban J connectivity index is 2.02. The summed E-state index contributed by atoms with van der Waals surface area (Å²) in [4.78, 5) is 0. The van der Waals surface area contributed by atoms with Gasteiger partial charge in [0.2, 0.25) is 0 Å². The quantitative estimate of drug-likeness (QED) is 0.612. The molecule has 0 aromatic rings. The van der Waals surface area contributed by atoms with E-state index >= 15 is 0 Å². The van der Waals surface area contributed by atoms with Crippen LogP contribution in [0.1, 0.15) is 58.3 Å². The van der Waals surface area contributed by atoms with Crippen LogP contribution in [0.2, 0.25) is 0 Å². The summed E-state index contributed by atoms with van der Waals surface area (Å²) < 4.78 is 5.64. The molecule has 0 radical (unpaired) electrons. The van der Waals surface area contributed by atoms with Crippen molar-refractivity contribution in [2.75, 3.05) is 19.8 Å². The molecule has 2 atom stereocenters. The predicted molar refractivity (Wildman–Crippen MR) is 70.9 cm³/mol. The van der Waals surface area contributed by atoms with E-state index in [0.717, 1.165) is 38.9 Å². The van der Waals surface area contributed by atoms with E-state index in [1.54, 1.807) is 0 Å². The van der Waals surface area contributed by atoms with Gasteiger partial charge in [-0.3, -0.25) is 0 Å². The van der Waals surface area contributed by atoms with E-state index in [2.05, 4.69) is 6.92 Å². The average Bonchev–Trinajstić information content (AvgIpc) is 2.71.